The second kappa shape index (κ2) is 9.71. The Kier molecular flexibility index (Phi) is 6.57. The number of nitrogens with zero attached hydrogens (tertiary/aromatic N) is 3. The molecule has 158 valence electrons. The van der Waals surface area contributed by atoms with Crippen molar-refractivity contribution in [1.29, 1.82) is 0 Å². The van der Waals surface area contributed by atoms with Crippen molar-refractivity contribution >= 4 is 34.8 Å². The van der Waals surface area contributed by atoms with E-state index in [0.29, 0.717) is 16.3 Å². The highest BCUT2D eigenvalue weighted by Crippen LogP contribution is 2.23. The molecule has 0 atom stereocenters. The van der Waals surface area contributed by atoms with Crippen LogP contribution in [-0.2, 0) is 4.79 Å². The normalized spacial score (nSPS) is 13.3. The number of Topliss-reactive ketones (excluding diaryl/α,β-unsaturated/α-hetero) is 1. The first-order chi connectivity index (χ1) is 15.1. The van der Waals surface area contributed by atoms with E-state index in [9.17, 15) is 9.59 Å². The Bertz CT molecular complexity index is 1060. The van der Waals surface area contributed by atoms with Crippen LogP contribution >= 0.6 is 11.6 Å². The average molecular weight is 435 g/mol. The molecule has 2 heterocycles. The number of carbonyl (C=O) groups is 2. The number of hydrogen-bond donors (Lipinski definition) is 1. The second-order valence-electron chi connectivity index (χ2n) is 7.53. The molecule has 2 aromatic carbocycles. The van der Waals surface area contributed by atoms with Crippen LogP contribution in [0.2, 0.25) is 5.02 Å². The van der Waals surface area contributed by atoms with Gasteiger partial charge in [0.15, 0.2) is 11.6 Å². The van der Waals surface area contributed by atoms with E-state index >= 15 is 0 Å². The Labute approximate surface area is 186 Å². The summed E-state index contributed by atoms with van der Waals surface area (Å²) in [6.45, 7) is 2.05. The van der Waals surface area contributed by atoms with Crippen LogP contribution in [-0.4, -0.2) is 35.0 Å². The van der Waals surface area contributed by atoms with Crippen LogP contribution in [0, 0.1) is 0 Å². The van der Waals surface area contributed by atoms with Gasteiger partial charge in [0.2, 0.25) is 5.91 Å². The van der Waals surface area contributed by atoms with Gasteiger partial charge in [0.05, 0.1) is 5.69 Å². The number of rotatable bonds is 7. The molecule has 4 rings (SSSR count). The quantitative estimate of drug-likeness (QED) is 0.529. The van der Waals surface area contributed by atoms with E-state index in [4.69, 9.17) is 11.6 Å². The second-order valence-corrected chi connectivity index (χ2v) is 7.97. The molecule has 0 bridgehead atoms. The smallest absolute Gasteiger partial charge is 0.224 e. The summed E-state index contributed by atoms with van der Waals surface area (Å²) < 4.78 is 0. The van der Waals surface area contributed by atoms with Crippen LogP contribution < -0.4 is 10.2 Å². The number of carbonyl (C=O) groups excluding carboxylic acids is 2. The van der Waals surface area contributed by atoms with Crippen molar-refractivity contribution in [3.05, 3.63) is 71.2 Å². The Morgan fingerprint density at radius 2 is 1.71 bits per heavy atom. The molecule has 0 radical (unpaired) electrons. The molecule has 0 saturated carbocycles. The van der Waals surface area contributed by atoms with Gasteiger partial charge in [-0.1, -0.05) is 23.7 Å². The third-order valence-electron chi connectivity index (χ3n) is 5.27. The van der Waals surface area contributed by atoms with Crippen LogP contribution in [0.3, 0.4) is 0 Å². The topological polar surface area (TPSA) is 75.2 Å². The van der Waals surface area contributed by atoms with E-state index in [-0.39, 0.29) is 24.5 Å². The van der Waals surface area contributed by atoms with E-state index in [1.54, 1.807) is 24.3 Å². The van der Waals surface area contributed by atoms with E-state index in [1.165, 1.54) is 12.8 Å². The Morgan fingerprint density at radius 3 is 2.42 bits per heavy atom. The average Bonchev–Trinajstić information content (AvgIpc) is 3.33. The molecule has 1 aromatic heterocycles. The minimum atomic E-state index is -0.213. The maximum absolute atomic E-state index is 12.3. The zero-order valence-electron chi connectivity index (χ0n) is 17.1. The molecule has 1 fully saturated rings. The standard InChI is InChI=1S/C24H23ClN4O2/c25-19-8-6-17(7-9-19)22(30)11-13-24(31)26-20-5-3-4-18(16-20)21-10-12-23(28-27-21)29-14-1-2-15-29/h3-10,12,16H,1-2,11,13-15H2,(H,26,31). The molecular formula is C24H23ClN4O2. The van der Waals surface area contributed by atoms with E-state index in [0.717, 1.165) is 30.2 Å². The molecule has 1 N–H and O–H groups in total. The Hall–Kier alpha value is -3.25. The minimum Gasteiger partial charge on any atom is -0.355 e. The number of hydrogen-bond acceptors (Lipinski definition) is 5. The van der Waals surface area contributed by atoms with Crippen molar-refractivity contribution in [2.75, 3.05) is 23.3 Å². The largest absolute Gasteiger partial charge is 0.355 e. The predicted octanol–water partition coefficient (Wildman–Crippen LogP) is 5.00. The van der Waals surface area contributed by atoms with Gasteiger partial charge in [-0.15, -0.1) is 10.2 Å². The number of amides is 1. The van der Waals surface area contributed by atoms with Crippen molar-refractivity contribution in [3.8, 4) is 11.3 Å². The monoisotopic (exact) mass is 434 g/mol. The first-order valence-electron chi connectivity index (χ1n) is 10.4. The Balaban J connectivity index is 1.35. The fourth-order valence-corrected chi connectivity index (χ4v) is 3.71. The van der Waals surface area contributed by atoms with Gasteiger partial charge in [-0.3, -0.25) is 9.59 Å². The van der Waals surface area contributed by atoms with Crippen LogP contribution in [0.15, 0.2) is 60.7 Å². The molecule has 0 unspecified atom stereocenters. The maximum Gasteiger partial charge on any atom is 0.224 e. The summed E-state index contributed by atoms with van der Waals surface area (Å²) in [5.41, 5.74) is 2.83. The summed E-state index contributed by atoms with van der Waals surface area (Å²) in [5.74, 6) is 0.597. The SMILES string of the molecule is O=C(CCC(=O)c1ccc(Cl)cc1)Nc1cccc(-c2ccc(N3CCCC3)nn2)c1. The number of benzene rings is 2. The van der Waals surface area contributed by atoms with Gasteiger partial charge in [0.1, 0.15) is 0 Å². The number of anilines is 2. The molecular weight excluding hydrogens is 412 g/mol. The van der Waals surface area contributed by atoms with E-state index in [2.05, 4.69) is 20.4 Å². The highest BCUT2D eigenvalue weighted by atomic mass is 35.5. The molecule has 1 amide bonds. The van der Waals surface area contributed by atoms with Crippen LogP contribution in [0.5, 0.6) is 0 Å². The maximum atomic E-state index is 12.3. The zero-order valence-corrected chi connectivity index (χ0v) is 17.8. The van der Waals surface area contributed by atoms with Crippen LogP contribution in [0.4, 0.5) is 11.5 Å². The molecule has 0 spiro atoms. The zero-order chi connectivity index (χ0) is 21.6. The summed E-state index contributed by atoms with van der Waals surface area (Å²) in [6, 6.07) is 18.1. The van der Waals surface area contributed by atoms with Gasteiger partial charge < -0.3 is 10.2 Å². The summed E-state index contributed by atoms with van der Waals surface area (Å²) in [4.78, 5) is 26.8. The first-order valence-corrected chi connectivity index (χ1v) is 10.7. The van der Waals surface area contributed by atoms with Crippen LogP contribution in [0.1, 0.15) is 36.0 Å². The fraction of sp³-hybridized carbons (Fsp3) is 0.250. The van der Waals surface area contributed by atoms with Crippen LogP contribution in [0.25, 0.3) is 11.3 Å². The van der Waals surface area contributed by atoms with Gasteiger partial charge >= 0.3 is 0 Å². The van der Waals surface area contributed by atoms with Crippen molar-refractivity contribution in [2.24, 2.45) is 0 Å². The fourth-order valence-electron chi connectivity index (χ4n) is 3.58. The van der Waals surface area contributed by atoms with Gasteiger partial charge in [-0.25, -0.2) is 0 Å². The summed E-state index contributed by atoms with van der Waals surface area (Å²) in [5, 5.41) is 12.1. The van der Waals surface area contributed by atoms with Gasteiger partial charge in [-0.2, -0.15) is 0 Å². The van der Waals surface area contributed by atoms with E-state index in [1.807, 2.05) is 36.4 Å². The van der Waals surface area contributed by atoms with E-state index < -0.39 is 0 Å². The van der Waals surface area contributed by atoms with Crippen molar-refractivity contribution in [1.82, 2.24) is 10.2 Å². The van der Waals surface area contributed by atoms with Crippen molar-refractivity contribution in [3.63, 3.8) is 0 Å². The van der Waals surface area contributed by atoms with Gasteiger partial charge in [-0.05, 0) is 61.4 Å². The minimum absolute atomic E-state index is 0.0890. The molecule has 3 aromatic rings. The molecule has 7 heteroatoms. The molecule has 0 aliphatic carbocycles. The highest BCUT2D eigenvalue weighted by molar-refractivity contribution is 6.30. The number of halogens is 1. The van der Waals surface area contributed by atoms with Gasteiger partial charge in [0, 0.05) is 47.8 Å². The third kappa shape index (κ3) is 5.47. The molecule has 31 heavy (non-hydrogen) atoms. The lowest BCUT2D eigenvalue weighted by Gasteiger charge is -2.15. The summed E-state index contributed by atoms with van der Waals surface area (Å²) >= 11 is 5.84. The third-order valence-corrected chi connectivity index (χ3v) is 5.52. The number of nitrogens with one attached hydrogen (secondary N) is 1. The summed E-state index contributed by atoms with van der Waals surface area (Å²) in [6.07, 6.45) is 2.62. The number of ketones is 1. The van der Waals surface area contributed by atoms with Gasteiger partial charge in [0.25, 0.3) is 0 Å². The van der Waals surface area contributed by atoms with Crippen molar-refractivity contribution < 1.29 is 9.59 Å². The predicted molar refractivity (Wildman–Crippen MR) is 123 cm³/mol. The first kappa shape index (κ1) is 21.0. The number of aromatic nitrogens is 2. The lowest BCUT2D eigenvalue weighted by molar-refractivity contribution is -0.116. The molecule has 1 aliphatic heterocycles. The lowest BCUT2D eigenvalue weighted by Crippen LogP contribution is -2.19. The Morgan fingerprint density at radius 1 is 0.935 bits per heavy atom. The highest BCUT2D eigenvalue weighted by Gasteiger charge is 2.14. The molecule has 1 saturated heterocycles. The summed E-state index contributed by atoms with van der Waals surface area (Å²) in [7, 11) is 0. The molecule has 1 aliphatic rings. The van der Waals surface area contributed by atoms with Crippen molar-refractivity contribution in [2.45, 2.75) is 25.7 Å². The molecule has 6 nitrogen and oxygen atoms in total. The lowest BCUT2D eigenvalue weighted by atomic mass is 10.1.